The van der Waals surface area contributed by atoms with Gasteiger partial charge in [-0.2, -0.15) is 4.31 Å². The standard InChI is InChI=1S/C12H18BrN3O3S/c1-15(2)7-10-4-11(17)8-16(10)20(18,19)12-3-9(13)5-14-6-12/h3,5-6,10-11,17H,4,7-8H2,1-2H3. The Morgan fingerprint density at radius 2 is 2.20 bits per heavy atom. The molecule has 1 saturated heterocycles. The van der Waals surface area contributed by atoms with Crippen molar-refractivity contribution in [3.63, 3.8) is 0 Å². The SMILES string of the molecule is CN(C)CC1CC(O)CN1S(=O)(=O)c1cncc(Br)c1. The average Bonchev–Trinajstić information content (AvgIpc) is 2.70. The van der Waals surface area contributed by atoms with E-state index < -0.39 is 16.1 Å². The molecular formula is C12H18BrN3O3S. The Kier molecular flexibility index (Phi) is 4.80. The molecule has 2 unspecified atom stereocenters. The van der Waals surface area contributed by atoms with Crippen molar-refractivity contribution in [2.75, 3.05) is 27.2 Å². The van der Waals surface area contributed by atoms with Crippen LogP contribution in [0.15, 0.2) is 27.8 Å². The number of nitrogens with zero attached hydrogens (tertiary/aromatic N) is 3. The second kappa shape index (κ2) is 6.07. The minimum Gasteiger partial charge on any atom is -0.392 e. The number of aliphatic hydroxyl groups excluding tert-OH is 1. The predicted molar refractivity (Wildman–Crippen MR) is 78.8 cm³/mol. The molecule has 0 saturated carbocycles. The van der Waals surface area contributed by atoms with Gasteiger partial charge in [-0.25, -0.2) is 8.42 Å². The molecule has 0 aliphatic carbocycles. The first-order valence-electron chi connectivity index (χ1n) is 6.26. The number of aliphatic hydroxyl groups is 1. The van der Waals surface area contributed by atoms with E-state index in [0.717, 1.165) is 0 Å². The highest BCUT2D eigenvalue weighted by Crippen LogP contribution is 2.27. The van der Waals surface area contributed by atoms with Crippen LogP contribution in [0.1, 0.15) is 6.42 Å². The van der Waals surface area contributed by atoms with Crippen LogP contribution in [0, 0.1) is 0 Å². The van der Waals surface area contributed by atoms with Crippen LogP contribution in [0.25, 0.3) is 0 Å². The topological polar surface area (TPSA) is 73.7 Å². The van der Waals surface area contributed by atoms with Crippen LogP contribution < -0.4 is 0 Å². The summed E-state index contributed by atoms with van der Waals surface area (Å²) in [6.45, 7) is 0.713. The van der Waals surface area contributed by atoms with Crippen LogP contribution in [-0.4, -0.2) is 67.0 Å². The maximum Gasteiger partial charge on any atom is 0.245 e. The zero-order chi connectivity index (χ0) is 14.9. The van der Waals surface area contributed by atoms with Crippen molar-refractivity contribution in [3.8, 4) is 0 Å². The zero-order valence-electron chi connectivity index (χ0n) is 11.4. The number of hydrogen-bond acceptors (Lipinski definition) is 5. The van der Waals surface area contributed by atoms with Crippen molar-refractivity contribution in [2.45, 2.75) is 23.5 Å². The Balaban J connectivity index is 2.32. The van der Waals surface area contributed by atoms with E-state index in [2.05, 4.69) is 20.9 Å². The van der Waals surface area contributed by atoms with Crippen molar-refractivity contribution in [2.24, 2.45) is 0 Å². The van der Waals surface area contributed by atoms with Gasteiger partial charge in [-0.15, -0.1) is 0 Å². The molecular weight excluding hydrogens is 346 g/mol. The van der Waals surface area contributed by atoms with Crippen molar-refractivity contribution >= 4 is 26.0 Å². The Labute approximate surface area is 127 Å². The largest absolute Gasteiger partial charge is 0.392 e. The molecule has 1 aliphatic rings. The number of hydrogen-bond donors (Lipinski definition) is 1. The van der Waals surface area contributed by atoms with Gasteiger partial charge in [-0.3, -0.25) is 4.98 Å². The molecule has 0 radical (unpaired) electrons. The van der Waals surface area contributed by atoms with E-state index in [1.165, 1.54) is 22.8 Å². The highest BCUT2D eigenvalue weighted by Gasteiger charge is 2.39. The van der Waals surface area contributed by atoms with Gasteiger partial charge in [0.05, 0.1) is 6.10 Å². The lowest BCUT2D eigenvalue weighted by Gasteiger charge is -2.26. The Morgan fingerprint density at radius 1 is 1.50 bits per heavy atom. The lowest BCUT2D eigenvalue weighted by Crippen LogP contribution is -2.41. The highest BCUT2D eigenvalue weighted by atomic mass is 79.9. The zero-order valence-corrected chi connectivity index (χ0v) is 13.8. The summed E-state index contributed by atoms with van der Waals surface area (Å²) in [4.78, 5) is 5.97. The number of rotatable bonds is 4. The van der Waals surface area contributed by atoms with E-state index >= 15 is 0 Å². The van der Waals surface area contributed by atoms with Crippen molar-refractivity contribution in [1.82, 2.24) is 14.2 Å². The van der Waals surface area contributed by atoms with Crippen LogP contribution in [0.4, 0.5) is 0 Å². The molecule has 20 heavy (non-hydrogen) atoms. The minimum absolute atomic E-state index is 0.132. The van der Waals surface area contributed by atoms with Crippen molar-refractivity contribution in [3.05, 3.63) is 22.9 Å². The third-order valence-corrected chi connectivity index (χ3v) is 5.52. The molecule has 0 amide bonds. The van der Waals surface area contributed by atoms with Crippen LogP contribution in [0.3, 0.4) is 0 Å². The van der Waals surface area contributed by atoms with Crippen LogP contribution in [0.2, 0.25) is 0 Å². The molecule has 1 fully saturated rings. The fourth-order valence-corrected chi connectivity index (χ4v) is 4.58. The minimum atomic E-state index is -3.63. The smallest absolute Gasteiger partial charge is 0.245 e. The number of aromatic nitrogens is 1. The highest BCUT2D eigenvalue weighted by molar-refractivity contribution is 9.10. The van der Waals surface area contributed by atoms with Gasteiger partial charge >= 0.3 is 0 Å². The molecule has 112 valence electrons. The third kappa shape index (κ3) is 3.37. The molecule has 1 aliphatic heterocycles. The molecule has 2 heterocycles. The second-order valence-corrected chi connectivity index (χ2v) is 8.03. The van der Waals surface area contributed by atoms with Gasteiger partial charge in [0.2, 0.25) is 10.0 Å². The lowest BCUT2D eigenvalue weighted by molar-refractivity contribution is 0.188. The summed E-state index contributed by atoms with van der Waals surface area (Å²) in [5.74, 6) is 0. The summed E-state index contributed by atoms with van der Waals surface area (Å²) in [5.41, 5.74) is 0. The summed E-state index contributed by atoms with van der Waals surface area (Å²) in [6.07, 6.45) is 2.71. The van der Waals surface area contributed by atoms with E-state index in [1.807, 2.05) is 19.0 Å². The molecule has 1 aromatic heterocycles. The van der Waals surface area contributed by atoms with Gasteiger partial charge in [-0.05, 0) is 42.5 Å². The Hall–Kier alpha value is -0.540. The maximum atomic E-state index is 12.7. The fraction of sp³-hybridized carbons (Fsp3) is 0.583. The Morgan fingerprint density at radius 3 is 2.80 bits per heavy atom. The van der Waals surface area contributed by atoms with Gasteiger partial charge in [0.25, 0.3) is 0 Å². The molecule has 8 heteroatoms. The number of β-amino-alcohol motifs (C(OH)–C–C–N with tert-alkyl or cyclic N) is 1. The summed E-state index contributed by atoms with van der Waals surface area (Å²) < 4.78 is 27.3. The van der Waals surface area contributed by atoms with Gasteiger partial charge in [0.1, 0.15) is 4.90 Å². The van der Waals surface area contributed by atoms with E-state index in [4.69, 9.17) is 0 Å². The summed E-state index contributed by atoms with van der Waals surface area (Å²) in [5, 5.41) is 9.80. The molecule has 0 bridgehead atoms. The average molecular weight is 364 g/mol. The van der Waals surface area contributed by atoms with E-state index in [0.29, 0.717) is 17.4 Å². The quantitative estimate of drug-likeness (QED) is 0.844. The first-order chi connectivity index (χ1) is 9.30. The lowest BCUT2D eigenvalue weighted by atomic mass is 10.2. The number of sulfonamides is 1. The first kappa shape index (κ1) is 15.8. The third-order valence-electron chi connectivity index (χ3n) is 3.20. The normalized spacial score (nSPS) is 24.4. The molecule has 1 N–H and O–H groups in total. The number of halogens is 1. The predicted octanol–water partition coefficient (Wildman–Crippen LogP) is 0.530. The molecule has 6 nitrogen and oxygen atoms in total. The first-order valence-corrected chi connectivity index (χ1v) is 8.49. The monoisotopic (exact) mass is 363 g/mol. The maximum absolute atomic E-state index is 12.7. The van der Waals surface area contributed by atoms with Gasteiger partial charge in [-0.1, -0.05) is 0 Å². The van der Waals surface area contributed by atoms with Gasteiger partial charge < -0.3 is 10.0 Å². The molecule has 2 rings (SSSR count). The fourth-order valence-electron chi connectivity index (χ4n) is 2.41. The van der Waals surface area contributed by atoms with Crippen LogP contribution in [0.5, 0.6) is 0 Å². The molecule has 1 aromatic rings. The van der Waals surface area contributed by atoms with E-state index in [1.54, 1.807) is 0 Å². The van der Waals surface area contributed by atoms with E-state index in [-0.39, 0.29) is 17.5 Å². The number of likely N-dealkylation sites (N-methyl/N-ethyl adjacent to an activating group) is 1. The molecule has 0 spiro atoms. The van der Waals surface area contributed by atoms with Crippen molar-refractivity contribution in [1.29, 1.82) is 0 Å². The second-order valence-electron chi connectivity index (χ2n) is 5.22. The number of pyridine rings is 1. The van der Waals surface area contributed by atoms with Gasteiger partial charge in [0.15, 0.2) is 0 Å². The van der Waals surface area contributed by atoms with Crippen LogP contribution >= 0.6 is 15.9 Å². The van der Waals surface area contributed by atoms with Gasteiger partial charge in [0, 0.05) is 36.0 Å². The summed E-state index contributed by atoms with van der Waals surface area (Å²) >= 11 is 3.23. The molecule has 2 atom stereocenters. The molecule has 0 aromatic carbocycles. The summed E-state index contributed by atoms with van der Waals surface area (Å²) in [6, 6.07) is 1.31. The van der Waals surface area contributed by atoms with Crippen molar-refractivity contribution < 1.29 is 13.5 Å². The Bertz CT molecular complexity index is 579. The van der Waals surface area contributed by atoms with Crippen LogP contribution in [-0.2, 0) is 10.0 Å². The van der Waals surface area contributed by atoms with E-state index in [9.17, 15) is 13.5 Å². The summed E-state index contributed by atoms with van der Waals surface area (Å²) in [7, 11) is 0.135.